The summed E-state index contributed by atoms with van der Waals surface area (Å²) in [6.07, 6.45) is 64.2. The molecule has 8 rings (SSSR count). The van der Waals surface area contributed by atoms with Crippen LogP contribution in [0.25, 0.3) is 11.1 Å². The molecule has 0 aromatic heterocycles. The Bertz CT molecular complexity index is 4140. The van der Waals surface area contributed by atoms with Gasteiger partial charge in [-0.2, -0.15) is 8.78 Å². The average Bonchev–Trinajstić information content (AvgIpc) is 0.784. The Kier molecular flexibility index (Phi) is 57.2. The number of rotatable bonds is 79. The van der Waals surface area contributed by atoms with Crippen LogP contribution in [0.2, 0.25) is 117 Å². The molecular formula is C122H206F4O10Si8. The molecule has 0 amide bonds. The Hall–Kier alpha value is -4.26. The van der Waals surface area contributed by atoms with Crippen LogP contribution in [0.4, 0.5) is 17.6 Å². The van der Waals surface area contributed by atoms with Crippen molar-refractivity contribution in [1.82, 2.24) is 0 Å². The van der Waals surface area contributed by atoms with Gasteiger partial charge >= 0.3 is 34.2 Å². The van der Waals surface area contributed by atoms with E-state index in [2.05, 4.69) is 230 Å². The molecule has 0 spiro atoms. The van der Waals surface area contributed by atoms with Crippen LogP contribution in [-0.2, 0) is 50.4 Å². The Morgan fingerprint density at radius 3 is 0.840 bits per heavy atom. The third-order valence-corrected chi connectivity index (χ3v) is 58.9. The molecule has 0 aliphatic heterocycles. The van der Waals surface area contributed by atoms with Crippen LogP contribution in [0, 0.1) is 35.1 Å². The van der Waals surface area contributed by atoms with Crippen LogP contribution in [0.5, 0.6) is 23.0 Å². The van der Waals surface area contributed by atoms with Crippen molar-refractivity contribution in [2.45, 2.75) is 527 Å². The van der Waals surface area contributed by atoms with E-state index in [1.54, 1.807) is 24.3 Å². The molecule has 144 heavy (non-hydrogen) atoms. The van der Waals surface area contributed by atoms with E-state index in [4.69, 9.17) is 43.6 Å². The lowest BCUT2D eigenvalue weighted by molar-refractivity contribution is 0.187. The van der Waals surface area contributed by atoms with E-state index in [0.717, 1.165) is 186 Å². The normalized spacial score (nSPS) is 17.8. The van der Waals surface area contributed by atoms with Crippen molar-refractivity contribution < 1.29 is 61.2 Å². The van der Waals surface area contributed by atoms with Gasteiger partial charge in [-0.25, -0.2) is 8.78 Å². The second-order valence-corrected chi connectivity index (χ2v) is 81.0. The molecule has 0 saturated heterocycles. The molecule has 6 atom stereocenters. The van der Waals surface area contributed by atoms with Crippen molar-refractivity contribution in [1.29, 1.82) is 0 Å². The molecule has 0 heterocycles. The molecule has 0 bridgehead atoms. The molecular weight excluding hydrogens is 1930 g/mol. The smallest absolute Gasteiger partial charge is 0.358 e. The first-order valence-corrected chi connectivity index (χ1v) is 82.4. The first-order valence-electron chi connectivity index (χ1n) is 58.9. The third-order valence-electron chi connectivity index (χ3n) is 30.0. The summed E-state index contributed by atoms with van der Waals surface area (Å²) < 4.78 is 134. The fourth-order valence-electron chi connectivity index (χ4n) is 22.6. The van der Waals surface area contributed by atoms with Gasteiger partial charge in [0.05, 0.1) is 13.2 Å². The summed E-state index contributed by atoms with van der Waals surface area (Å²) in [5.41, 5.74) is 7.68. The van der Waals surface area contributed by atoms with Gasteiger partial charge in [-0.1, -0.05) is 357 Å². The largest absolute Gasteiger partial charge is 0.490 e. The zero-order valence-electron chi connectivity index (χ0n) is 95.0. The van der Waals surface area contributed by atoms with Gasteiger partial charge in [-0.15, -0.1) is 0 Å². The summed E-state index contributed by atoms with van der Waals surface area (Å²) in [6, 6.07) is 43.8. The molecule has 22 heteroatoms. The number of ether oxygens (including phenoxy) is 4. The van der Waals surface area contributed by atoms with Crippen molar-refractivity contribution in [2.75, 3.05) is 13.2 Å². The molecule has 6 aromatic carbocycles. The maximum Gasteiger partial charge on any atom is 0.358 e. The maximum absolute atomic E-state index is 15.5. The van der Waals surface area contributed by atoms with Crippen LogP contribution < -0.4 is 18.9 Å². The molecule has 0 radical (unpaired) electrons. The Morgan fingerprint density at radius 2 is 0.542 bits per heavy atom. The topological polar surface area (TPSA) is 92.3 Å². The van der Waals surface area contributed by atoms with E-state index >= 15 is 17.6 Å². The quantitative estimate of drug-likeness (QED) is 0.0209. The van der Waals surface area contributed by atoms with Gasteiger partial charge in [0.25, 0.3) is 0 Å². The predicted molar refractivity (Wildman–Crippen MR) is 623 cm³/mol. The number of hydrogen-bond acceptors (Lipinski definition) is 10. The number of unbranched alkanes of at least 4 members (excludes halogenated alkanes) is 34. The highest BCUT2D eigenvalue weighted by Gasteiger charge is 2.55. The van der Waals surface area contributed by atoms with Gasteiger partial charge < -0.3 is 43.6 Å². The van der Waals surface area contributed by atoms with E-state index in [0.29, 0.717) is 61.9 Å². The molecule has 2 aliphatic carbocycles. The molecule has 814 valence electrons. The van der Waals surface area contributed by atoms with Crippen molar-refractivity contribution in [2.24, 2.45) is 11.8 Å². The first-order chi connectivity index (χ1) is 68.8. The predicted octanol–water partition coefficient (Wildman–Crippen LogP) is 39.7. The first kappa shape index (κ1) is 125. The molecule has 2 fully saturated rings. The highest BCUT2D eigenvalue weighted by atomic mass is 28.5. The minimum absolute atomic E-state index is 0.0109. The summed E-state index contributed by atoms with van der Waals surface area (Å²) in [5.74, 6) is 1.43. The maximum atomic E-state index is 15.5. The number of halogens is 4. The minimum Gasteiger partial charge on any atom is -0.490 e. The zero-order chi connectivity index (χ0) is 104. The summed E-state index contributed by atoms with van der Waals surface area (Å²) in [4.78, 5) is 0. The molecule has 2 aliphatic rings. The lowest BCUT2D eigenvalue weighted by atomic mass is 9.77. The summed E-state index contributed by atoms with van der Waals surface area (Å²) >= 11 is 0. The van der Waals surface area contributed by atoms with Crippen LogP contribution in [0.1, 0.15) is 407 Å². The molecule has 10 nitrogen and oxygen atoms in total. The molecule has 6 aromatic rings. The summed E-state index contributed by atoms with van der Waals surface area (Å²) in [7, 11) is -20.6. The van der Waals surface area contributed by atoms with E-state index < -0.39 is 90.8 Å². The number of hydrogen-bond donors (Lipinski definition) is 0. The summed E-state index contributed by atoms with van der Waals surface area (Å²) in [6.45, 7) is 46.8. The Labute approximate surface area is 886 Å². The van der Waals surface area contributed by atoms with E-state index in [9.17, 15) is 0 Å². The molecule has 6 unspecified atom stereocenters. The Morgan fingerprint density at radius 1 is 0.264 bits per heavy atom. The van der Waals surface area contributed by atoms with Crippen molar-refractivity contribution >= 4 is 67.5 Å². The van der Waals surface area contributed by atoms with E-state index in [1.807, 2.05) is 0 Å². The van der Waals surface area contributed by atoms with Gasteiger partial charge in [0.15, 0.2) is 56.4 Å². The summed E-state index contributed by atoms with van der Waals surface area (Å²) in [5, 5.41) is 0. The lowest BCUT2D eigenvalue weighted by Gasteiger charge is -2.45. The SMILES string of the molecule is CCCCCCCCCCC(Oc1ccc(-c2ccc(OC(CCCCCCCCCC)[Si](C)(O[Si](C)(C)C)O[Si](C)(CCCCCCCCCCCOc3ccc(CCc4ccc(C5CCC(CCCCC)CC5)cc4)c(F)c3F)O[Si](C)(C)C)cc2)cc1)[Si](C)(O[Si](C)(C)C)O[Si](C)(CCCCCCCCCCCOc1ccc(CCc2ccc(C3CCC(CCCCC)CC3)cc2)c(F)c1F)O[Si](C)(C)C. The second kappa shape index (κ2) is 66.0. The average molecular weight is 2130 g/mol. The standard InChI is InChI=1S/C122H206F4O10Si8/c1-21-25-29-31-33-41-47-55-63-117(143(19,133-139(11,12)13)135-141(17,131-137(5,6)7)99-59-51-45-39-35-37-43-49-57-97-127-115-95-89-111(119(123)121(115)125)83-73-103-69-79-107(80-70-103)105-75-65-101(66-76-105)61-53-27-23-3)129-113-91-85-109(86-92-113)110-87-93-114(94-88-110)130-118(64-56-48-42-34-32-30-26-22-2)144(20,134-140(14,15)16)136-142(18,132-138(8,9)10)100-60-52-46-40-36-38-44-50-58-98-128-116-96-90-112(120(124)122(116)126)84-74-104-71-81-108(82-72-104)106-77-67-102(68-78-106)62-54-28-24-4/h69-72,79-82,85-96,101-102,105-106,117-118H,21-68,73-78,83-84,97-100H2,1-20H3. The second-order valence-electron chi connectivity index (χ2n) is 48.3. The van der Waals surface area contributed by atoms with E-state index in [1.165, 1.54) is 217 Å². The lowest BCUT2D eigenvalue weighted by Crippen LogP contribution is -2.64. The van der Waals surface area contributed by atoms with Crippen molar-refractivity contribution in [3.8, 4) is 34.1 Å². The fraction of sp³-hybridized carbons (Fsp3) is 0.705. The minimum atomic E-state index is -3.17. The van der Waals surface area contributed by atoms with Gasteiger partial charge in [-0.3, -0.25) is 0 Å². The fourth-order valence-corrected chi connectivity index (χ4v) is 59.4. The molecule has 2 saturated carbocycles. The van der Waals surface area contributed by atoms with Crippen LogP contribution in [-0.4, -0.2) is 92.2 Å². The van der Waals surface area contributed by atoms with Gasteiger partial charge in [0, 0.05) is 0 Å². The Balaban J connectivity index is 0.820. The van der Waals surface area contributed by atoms with Gasteiger partial charge in [0.1, 0.15) is 23.0 Å². The zero-order valence-corrected chi connectivity index (χ0v) is 103. The number of aryl methyl sites for hydroxylation is 4. The molecule has 0 N–H and O–H groups in total. The third kappa shape index (κ3) is 48.8. The van der Waals surface area contributed by atoms with Crippen LogP contribution >= 0.6 is 0 Å². The van der Waals surface area contributed by atoms with Gasteiger partial charge in [-0.05, 0) is 337 Å². The van der Waals surface area contributed by atoms with Crippen molar-refractivity contribution in [3.05, 3.63) is 178 Å². The van der Waals surface area contributed by atoms with Crippen molar-refractivity contribution in [3.63, 3.8) is 0 Å². The van der Waals surface area contributed by atoms with Gasteiger partial charge in [0.2, 0.25) is 11.6 Å². The highest BCUT2D eigenvalue weighted by molar-refractivity contribution is 6.91. The van der Waals surface area contributed by atoms with Crippen LogP contribution in [0.3, 0.4) is 0 Å². The monoisotopic (exact) mass is 2130 g/mol. The highest BCUT2D eigenvalue weighted by Crippen LogP contribution is 2.43. The van der Waals surface area contributed by atoms with Crippen LogP contribution in [0.15, 0.2) is 121 Å². The number of benzene rings is 6. The van der Waals surface area contributed by atoms with E-state index in [-0.39, 0.29) is 23.0 Å².